The first kappa shape index (κ1) is 33.2. The Labute approximate surface area is 264 Å². The summed E-state index contributed by atoms with van der Waals surface area (Å²) >= 11 is 0. The molecule has 1 atom stereocenters. The summed E-state index contributed by atoms with van der Waals surface area (Å²) in [6.07, 6.45) is 0.133. The van der Waals surface area contributed by atoms with Crippen LogP contribution in [0, 0.1) is 5.82 Å². The second kappa shape index (κ2) is 15.3. The SMILES string of the molecule is CCOc1ccc(N(CC(=O)N(Cc2ccccc2F)C(Cc2ccccc2)C(=O)NC(C)C)S(=O)(=O)c2ccccc2)cc1. The Bertz CT molecular complexity index is 1670. The van der Waals surface area contributed by atoms with E-state index in [9.17, 15) is 22.4 Å². The van der Waals surface area contributed by atoms with E-state index >= 15 is 0 Å². The fourth-order valence-corrected chi connectivity index (χ4v) is 6.30. The molecule has 0 saturated heterocycles. The smallest absolute Gasteiger partial charge is 0.264 e. The van der Waals surface area contributed by atoms with E-state index in [2.05, 4.69) is 5.32 Å². The molecule has 10 heteroatoms. The average Bonchev–Trinajstić information content (AvgIpc) is 3.03. The van der Waals surface area contributed by atoms with Gasteiger partial charge in [0.2, 0.25) is 11.8 Å². The van der Waals surface area contributed by atoms with Gasteiger partial charge in [-0.15, -0.1) is 0 Å². The van der Waals surface area contributed by atoms with Gasteiger partial charge in [0.15, 0.2) is 0 Å². The fourth-order valence-electron chi connectivity index (χ4n) is 4.87. The zero-order chi connectivity index (χ0) is 32.4. The number of nitrogens with one attached hydrogen (secondary N) is 1. The molecule has 0 aliphatic carbocycles. The zero-order valence-electron chi connectivity index (χ0n) is 25.6. The van der Waals surface area contributed by atoms with Crippen molar-refractivity contribution < 1.29 is 27.1 Å². The second-order valence-electron chi connectivity index (χ2n) is 10.7. The fraction of sp³-hybridized carbons (Fsp3) is 0.257. The molecule has 0 radical (unpaired) electrons. The quantitative estimate of drug-likeness (QED) is 0.196. The first-order chi connectivity index (χ1) is 21.6. The van der Waals surface area contributed by atoms with Crippen LogP contribution in [0.3, 0.4) is 0 Å². The minimum absolute atomic E-state index is 0.00859. The lowest BCUT2D eigenvalue weighted by atomic mass is 10.0. The van der Waals surface area contributed by atoms with Gasteiger partial charge < -0.3 is 15.0 Å². The summed E-state index contributed by atoms with van der Waals surface area (Å²) in [4.78, 5) is 29.4. The van der Waals surface area contributed by atoms with Crippen LogP contribution in [0.1, 0.15) is 31.9 Å². The molecule has 0 aliphatic rings. The normalized spacial score (nSPS) is 11.9. The van der Waals surface area contributed by atoms with Crippen molar-refractivity contribution in [2.45, 2.75) is 50.7 Å². The largest absolute Gasteiger partial charge is 0.494 e. The van der Waals surface area contributed by atoms with Gasteiger partial charge in [-0.05, 0) is 68.8 Å². The highest BCUT2D eigenvalue weighted by molar-refractivity contribution is 7.92. The topological polar surface area (TPSA) is 96.0 Å². The molecule has 0 heterocycles. The van der Waals surface area contributed by atoms with Gasteiger partial charge in [0.25, 0.3) is 10.0 Å². The Morgan fingerprint density at radius 2 is 1.44 bits per heavy atom. The van der Waals surface area contributed by atoms with Crippen molar-refractivity contribution in [3.05, 3.63) is 126 Å². The van der Waals surface area contributed by atoms with E-state index in [4.69, 9.17) is 4.74 Å². The van der Waals surface area contributed by atoms with Crippen molar-refractivity contribution in [3.8, 4) is 5.75 Å². The molecule has 4 aromatic rings. The number of carbonyl (C=O) groups excluding carboxylic acids is 2. The Hall–Kier alpha value is -4.70. The highest BCUT2D eigenvalue weighted by Crippen LogP contribution is 2.27. The molecule has 1 N–H and O–H groups in total. The second-order valence-corrected chi connectivity index (χ2v) is 12.6. The number of benzene rings is 4. The van der Waals surface area contributed by atoms with E-state index in [0.29, 0.717) is 12.4 Å². The number of sulfonamides is 1. The molecule has 2 amide bonds. The molecule has 8 nitrogen and oxygen atoms in total. The maximum atomic E-state index is 15.0. The van der Waals surface area contributed by atoms with Gasteiger partial charge in [-0.25, -0.2) is 12.8 Å². The zero-order valence-corrected chi connectivity index (χ0v) is 26.4. The predicted octanol–water partition coefficient (Wildman–Crippen LogP) is 5.58. The van der Waals surface area contributed by atoms with Gasteiger partial charge in [-0.2, -0.15) is 0 Å². The van der Waals surface area contributed by atoms with Crippen LogP contribution in [0.25, 0.3) is 0 Å². The van der Waals surface area contributed by atoms with E-state index in [1.54, 1.807) is 68.4 Å². The molecule has 4 rings (SSSR count). The van der Waals surface area contributed by atoms with Crippen LogP contribution in [-0.4, -0.2) is 50.4 Å². The first-order valence-corrected chi connectivity index (χ1v) is 16.2. The van der Waals surface area contributed by atoms with Crippen LogP contribution in [0.5, 0.6) is 5.75 Å². The third-order valence-corrected chi connectivity index (χ3v) is 8.83. The van der Waals surface area contributed by atoms with Crippen LogP contribution in [0.2, 0.25) is 0 Å². The van der Waals surface area contributed by atoms with Gasteiger partial charge in [-0.3, -0.25) is 13.9 Å². The molecule has 0 aromatic heterocycles. The first-order valence-electron chi connectivity index (χ1n) is 14.8. The van der Waals surface area contributed by atoms with E-state index in [-0.39, 0.29) is 35.2 Å². The highest BCUT2D eigenvalue weighted by Gasteiger charge is 2.35. The maximum absolute atomic E-state index is 15.0. The highest BCUT2D eigenvalue weighted by atomic mass is 32.2. The van der Waals surface area contributed by atoms with Crippen molar-refractivity contribution in [3.63, 3.8) is 0 Å². The Balaban J connectivity index is 1.80. The Kier molecular flexibility index (Phi) is 11.3. The number of hydrogen-bond acceptors (Lipinski definition) is 5. The molecule has 0 aliphatic heterocycles. The minimum atomic E-state index is -4.24. The lowest BCUT2D eigenvalue weighted by Crippen LogP contribution is -2.54. The number of rotatable bonds is 14. The summed E-state index contributed by atoms with van der Waals surface area (Å²) in [5.41, 5.74) is 1.21. The van der Waals surface area contributed by atoms with E-state index in [1.807, 2.05) is 37.3 Å². The summed E-state index contributed by atoms with van der Waals surface area (Å²) in [6, 6.07) is 28.1. The van der Waals surface area contributed by atoms with Gasteiger partial charge in [-0.1, -0.05) is 66.7 Å². The molecule has 1 unspecified atom stereocenters. The van der Waals surface area contributed by atoms with Crippen LogP contribution in [0.4, 0.5) is 10.1 Å². The molecular formula is C35H38FN3O5S. The van der Waals surface area contributed by atoms with Crippen LogP contribution < -0.4 is 14.4 Å². The van der Waals surface area contributed by atoms with Gasteiger partial charge in [0, 0.05) is 24.6 Å². The van der Waals surface area contributed by atoms with E-state index in [0.717, 1.165) is 9.87 Å². The minimum Gasteiger partial charge on any atom is -0.494 e. The summed E-state index contributed by atoms with van der Waals surface area (Å²) in [7, 11) is -4.24. The Morgan fingerprint density at radius 3 is 2.04 bits per heavy atom. The number of hydrogen-bond donors (Lipinski definition) is 1. The number of halogens is 1. The number of nitrogens with zero attached hydrogens (tertiary/aromatic N) is 2. The third kappa shape index (κ3) is 8.69. The molecule has 0 spiro atoms. The van der Waals surface area contributed by atoms with E-state index in [1.165, 1.54) is 29.2 Å². The number of amides is 2. The number of carbonyl (C=O) groups is 2. The van der Waals surface area contributed by atoms with Gasteiger partial charge in [0.05, 0.1) is 17.2 Å². The maximum Gasteiger partial charge on any atom is 0.264 e. The molecule has 45 heavy (non-hydrogen) atoms. The number of anilines is 1. The van der Waals surface area contributed by atoms with Crippen LogP contribution in [-0.2, 0) is 32.6 Å². The van der Waals surface area contributed by atoms with Crippen LogP contribution in [0.15, 0.2) is 114 Å². The summed E-state index contributed by atoms with van der Waals surface area (Å²) in [6.45, 7) is 4.98. The number of ether oxygens (including phenoxy) is 1. The third-order valence-electron chi connectivity index (χ3n) is 7.05. The molecule has 0 saturated carbocycles. The van der Waals surface area contributed by atoms with Crippen molar-refractivity contribution in [1.29, 1.82) is 0 Å². The van der Waals surface area contributed by atoms with Crippen LogP contribution >= 0.6 is 0 Å². The van der Waals surface area contributed by atoms with Gasteiger partial charge >= 0.3 is 0 Å². The van der Waals surface area contributed by atoms with Crippen molar-refractivity contribution >= 4 is 27.5 Å². The molecule has 4 aromatic carbocycles. The molecule has 236 valence electrons. The van der Waals surface area contributed by atoms with Crippen molar-refractivity contribution in [2.24, 2.45) is 0 Å². The lowest BCUT2D eigenvalue weighted by Gasteiger charge is -2.34. The average molecular weight is 632 g/mol. The standard InChI is InChI=1S/C35H38FN3O5S/c1-4-44-30-21-19-29(20-22-30)39(45(42,43)31-16-9-6-10-17-31)25-34(40)38(24-28-15-11-12-18-32(28)36)33(35(41)37-26(2)3)23-27-13-7-5-8-14-27/h5-22,26,33H,4,23-25H2,1-3H3,(H,37,41). The monoisotopic (exact) mass is 631 g/mol. The summed E-state index contributed by atoms with van der Waals surface area (Å²) in [5, 5.41) is 2.89. The molecule has 0 fully saturated rings. The Morgan fingerprint density at radius 1 is 0.844 bits per heavy atom. The molecular weight excluding hydrogens is 593 g/mol. The molecule has 0 bridgehead atoms. The lowest BCUT2D eigenvalue weighted by molar-refractivity contribution is -0.140. The predicted molar refractivity (Wildman–Crippen MR) is 173 cm³/mol. The van der Waals surface area contributed by atoms with Gasteiger partial charge in [0.1, 0.15) is 24.2 Å². The van der Waals surface area contributed by atoms with E-state index < -0.39 is 40.2 Å². The van der Waals surface area contributed by atoms with Crippen molar-refractivity contribution in [1.82, 2.24) is 10.2 Å². The summed E-state index contributed by atoms with van der Waals surface area (Å²) < 4.78 is 49.6. The summed E-state index contributed by atoms with van der Waals surface area (Å²) in [5.74, 6) is -1.11. The van der Waals surface area contributed by atoms with Crippen molar-refractivity contribution in [2.75, 3.05) is 17.5 Å².